The van der Waals surface area contributed by atoms with Crippen molar-refractivity contribution < 1.29 is 9.53 Å². The third kappa shape index (κ3) is 3.95. The fraction of sp³-hybridized carbons (Fsp3) is 0.389. The number of likely N-dealkylation sites (N-methyl/N-ethyl adjacent to an activating group) is 1. The maximum Gasteiger partial charge on any atom is 0.246 e. The highest BCUT2D eigenvalue weighted by atomic mass is 35.5. The Hall–Kier alpha value is -1.78. The van der Waals surface area contributed by atoms with Crippen molar-refractivity contribution in [2.75, 3.05) is 39.3 Å². The lowest BCUT2D eigenvalue weighted by atomic mass is 10.1. The molecule has 0 aliphatic carbocycles. The van der Waals surface area contributed by atoms with E-state index in [9.17, 15) is 4.79 Å². The lowest BCUT2D eigenvalue weighted by molar-refractivity contribution is -0.127. The minimum Gasteiger partial charge on any atom is -0.488 e. The summed E-state index contributed by atoms with van der Waals surface area (Å²) in [5.41, 5.74) is 1.92. The van der Waals surface area contributed by atoms with Crippen LogP contribution >= 0.6 is 11.6 Å². The highest BCUT2D eigenvalue weighted by Gasteiger charge is 2.18. The van der Waals surface area contributed by atoms with Gasteiger partial charge >= 0.3 is 0 Å². The quantitative estimate of drug-likeness (QED) is 0.798. The number of nitrogens with zero attached hydrogens (tertiary/aromatic N) is 2. The van der Waals surface area contributed by atoms with Gasteiger partial charge in [0.1, 0.15) is 12.4 Å². The van der Waals surface area contributed by atoms with Gasteiger partial charge in [-0.05, 0) is 36.4 Å². The van der Waals surface area contributed by atoms with Crippen LogP contribution < -0.4 is 4.74 Å². The standard InChI is InChI=1S/C18H21ClN2O2/c1-2-20-7-9-21(10-8-20)18(22)6-3-14-11-15-12-16(19)4-5-17(15)23-13-14/h3-6,11-12H,2,7-10,13H2,1H3/b6-3+. The molecule has 0 bridgehead atoms. The van der Waals surface area contributed by atoms with E-state index in [0.717, 1.165) is 49.6 Å². The summed E-state index contributed by atoms with van der Waals surface area (Å²) in [6, 6.07) is 5.55. The molecule has 0 aromatic heterocycles. The number of piperazine rings is 1. The van der Waals surface area contributed by atoms with E-state index in [-0.39, 0.29) is 5.91 Å². The molecule has 0 unspecified atom stereocenters. The second-order valence-electron chi connectivity index (χ2n) is 5.78. The van der Waals surface area contributed by atoms with Crippen molar-refractivity contribution in [2.24, 2.45) is 0 Å². The second-order valence-corrected chi connectivity index (χ2v) is 6.22. The largest absolute Gasteiger partial charge is 0.488 e. The lowest BCUT2D eigenvalue weighted by Crippen LogP contribution is -2.48. The molecule has 1 aromatic carbocycles. The van der Waals surface area contributed by atoms with Crippen LogP contribution in [0.3, 0.4) is 0 Å². The van der Waals surface area contributed by atoms with E-state index in [2.05, 4.69) is 11.8 Å². The number of halogens is 1. The van der Waals surface area contributed by atoms with E-state index in [1.165, 1.54) is 0 Å². The zero-order valence-electron chi connectivity index (χ0n) is 13.3. The first kappa shape index (κ1) is 16.1. The van der Waals surface area contributed by atoms with Gasteiger partial charge in [0.25, 0.3) is 0 Å². The van der Waals surface area contributed by atoms with E-state index < -0.39 is 0 Å². The third-order valence-corrected chi connectivity index (χ3v) is 4.51. The van der Waals surface area contributed by atoms with Crippen molar-refractivity contribution in [3.05, 3.63) is 46.5 Å². The number of hydrogen-bond acceptors (Lipinski definition) is 3. The predicted octanol–water partition coefficient (Wildman–Crippen LogP) is 2.84. The van der Waals surface area contributed by atoms with Crippen molar-refractivity contribution in [2.45, 2.75) is 6.92 Å². The molecule has 1 saturated heterocycles. The van der Waals surface area contributed by atoms with Gasteiger partial charge in [-0.25, -0.2) is 0 Å². The van der Waals surface area contributed by atoms with Crippen LogP contribution in [0.2, 0.25) is 5.02 Å². The molecule has 122 valence electrons. The van der Waals surface area contributed by atoms with E-state index in [4.69, 9.17) is 16.3 Å². The molecule has 0 atom stereocenters. The summed E-state index contributed by atoms with van der Waals surface area (Å²) in [4.78, 5) is 16.5. The second kappa shape index (κ2) is 7.20. The molecule has 0 N–H and O–H groups in total. The summed E-state index contributed by atoms with van der Waals surface area (Å²) >= 11 is 6.01. The van der Waals surface area contributed by atoms with Gasteiger partial charge in [0.15, 0.2) is 0 Å². The van der Waals surface area contributed by atoms with Crippen molar-refractivity contribution in [3.63, 3.8) is 0 Å². The molecule has 2 aliphatic heterocycles. The minimum atomic E-state index is 0.0681. The number of carbonyl (C=O) groups is 1. The Morgan fingerprint density at radius 1 is 1.30 bits per heavy atom. The van der Waals surface area contributed by atoms with Crippen LogP contribution in [-0.2, 0) is 4.79 Å². The average Bonchev–Trinajstić information content (AvgIpc) is 2.59. The summed E-state index contributed by atoms with van der Waals surface area (Å²) in [6.45, 7) is 7.17. The van der Waals surface area contributed by atoms with Crippen LogP contribution in [-0.4, -0.2) is 55.0 Å². The Labute approximate surface area is 142 Å². The van der Waals surface area contributed by atoms with E-state index in [0.29, 0.717) is 11.6 Å². The van der Waals surface area contributed by atoms with Gasteiger partial charge in [0.2, 0.25) is 5.91 Å². The van der Waals surface area contributed by atoms with Crippen LogP contribution in [0, 0.1) is 0 Å². The number of amides is 1. The van der Waals surface area contributed by atoms with Crippen molar-refractivity contribution >= 4 is 23.6 Å². The molecular weight excluding hydrogens is 312 g/mol. The normalized spacial score (nSPS) is 18.5. The molecular formula is C18H21ClN2O2. The molecule has 3 rings (SSSR count). The first-order valence-electron chi connectivity index (χ1n) is 7.98. The van der Waals surface area contributed by atoms with Crippen molar-refractivity contribution in [1.29, 1.82) is 0 Å². The van der Waals surface area contributed by atoms with Gasteiger partial charge in [0, 0.05) is 42.8 Å². The van der Waals surface area contributed by atoms with Crippen molar-refractivity contribution in [1.82, 2.24) is 9.80 Å². The first-order valence-corrected chi connectivity index (χ1v) is 8.36. The monoisotopic (exact) mass is 332 g/mol. The summed E-state index contributed by atoms with van der Waals surface area (Å²) in [5, 5.41) is 0.679. The molecule has 5 heteroatoms. The Kier molecular flexibility index (Phi) is 5.03. The van der Waals surface area contributed by atoms with E-state index in [1.54, 1.807) is 6.08 Å². The smallest absolute Gasteiger partial charge is 0.246 e. The molecule has 1 aromatic rings. The zero-order valence-corrected chi connectivity index (χ0v) is 14.1. The van der Waals surface area contributed by atoms with E-state index >= 15 is 0 Å². The summed E-state index contributed by atoms with van der Waals surface area (Å²) in [7, 11) is 0. The molecule has 0 radical (unpaired) electrons. The topological polar surface area (TPSA) is 32.8 Å². The number of rotatable bonds is 3. The molecule has 1 fully saturated rings. The van der Waals surface area contributed by atoms with Gasteiger partial charge in [-0.15, -0.1) is 0 Å². The average molecular weight is 333 g/mol. The van der Waals surface area contributed by atoms with Gasteiger partial charge in [-0.1, -0.05) is 24.6 Å². The highest BCUT2D eigenvalue weighted by Crippen LogP contribution is 2.29. The Balaban J connectivity index is 1.63. The van der Waals surface area contributed by atoms with Gasteiger partial charge in [0.05, 0.1) is 0 Å². The molecule has 23 heavy (non-hydrogen) atoms. The van der Waals surface area contributed by atoms with Crippen LogP contribution in [0.4, 0.5) is 0 Å². The van der Waals surface area contributed by atoms with Crippen LogP contribution in [0.15, 0.2) is 35.9 Å². The molecule has 2 heterocycles. The molecule has 0 spiro atoms. The van der Waals surface area contributed by atoms with Crippen LogP contribution in [0.1, 0.15) is 12.5 Å². The molecule has 2 aliphatic rings. The Morgan fingerprint density at radius 3 is 2.83 bits per heavy atom. The number of fused-ring (bicyclic) bond motifs is 1. The fourth-order valence-corrected chi connectivity index (χ4v) is 3.01. The summed E-state index contributed by atoms with van der Waals surface area (Å²) < 4.78 is 5.69. The van der Waals surface area contributed by atoms with Crippen molar-refractivity contribution in [3.8, 4) is 5.75 Å². The molecule has 1 amide bonds. The summed E-state index contributed by atoms with van der Waals surface area (Å²) in [5.74, 6) is 0.895. The lowest BCUT2D eigenvalue weighted by Gasteiger charge is -2.33. The van der Waals surface area contributed by atoms with Gasteiger partial charge in [-0.2, -0.15) is 0 Å². The number of hydrogen-bond donors (Lipinski definition) is 0. The summed E-state index contributed by atoms with van der Waals surface area (Å²) in [6.07, 6.45) is 5.51. The predicted molar refractivity (Wildman–Crippen MR) is 92.8 cm³/mol. The Bertz CT molecular complexity index is 646. The van der Waals surface area contributed by atoms with E-state index in [1.807, 2.05) is 35.3 Å². The highest BCUT2D eigenvalue weighted by molar-refractivity contribution is 6.30. The Morgan fingerprint density at radius 2 is 2.09 bits per heavy atom. The number of ether oxygens (including phenoxy) is 1. The fourth-order valence-electron chi connectivity index (χ4n) is 2.83. The maximum atomic E-state index is 12.3. The van der Waals surface area contributed by atoms with Gasteiger partial charge in [-0.3, -0.25) is 4.79 Å². The van der Waals surface area contributed by atoms with Gasteiger partial charge < -0.3 is 14.5 Å². The molecule has 4 nitrogen and oxygen atoms in total. The maximum absolute atomic E-state index is 12.3. The van der Waals surface area contributed by atoms with Crippen LogP contribution in [0.5, 0.6) is 5.75 Å². The number of benzene rings is 1. The number of carbonyl (C=O) groups excluding carboxylic acids is 1. The minimum absolute atomic E-state index is 0.0681. The SMILES string of the molecule is CCN1CCN(C(=O)/C=C/C2=Cc3cc(Cl)ccc3OC2)CC1. The first-order chi connectivity index (χ1) is 11.2. The third-order valence-electron chi connectivity index (χ3n) is 4.28. The molecule has 0 saturated carbocycles. The van der Waals surface area contributed by atoms with Crippen LogP contribution in [0.25, 0.3) is 6.08 Å². The zero-order chi connectivity index (χ0) is 16.2.